The highest BCUT2D eigenvalue weighted by atomic mass is 28.3. The lowest BCUT2D eigenvalue weighted by Gasteiger charge is -2.30. The molecule has 0 heterocycles. The molecular weight excluding hydrogens is 300 g/mol. The van der Waals surface area contributed by atoms with Crippen molar-refractivity contribution in [1.29, 1.82) is 0 Å². The molecule has 0 N–H and O–H groups in total. The van der Waals surface area contributed by atoms with Gasteiger partial charge in [-0.25, -0.2) is 0 Å². The lowest BCUT2D eigenvalue weighted by Crippen LogP contribution is -2.65. The van der Waals surface area contributed by atoms with Crippen LogP contribution in [0.25, 0.3) is 0 Å². The molecule has 0 fully saturated rings. The van der Waals surface area contributed by atoms with E-state index in [0.717, 1.165) is 0 Å². The molecule has 0 nitrogen and oxygen atoms in total. The average Bonchev–Trinajstić information content (AvgIpc) is 2.47. The summed E-state index contributed by atoms with van der Waals surface area (Å²) in [7, 11) is -2.46. The highest BCUT2D eigenvalue weighted by Crippen LogP contribution is 2.04. The van der Waals surface area contributed by atoms with Crippen molar-refractivity contribution in [2.24, 2.45) is 0 Å². The van der Waals surface area contributed by atoms with Crippen LogP contribution in [-0.4, -0.2) is 25.7 Å². The van der Waals surface area contributed by atoms with Gasteiger partial charge in [-0.3, -0.25) is 0 Å². The first-order valence-electron chi connectivity index (χ1n) is 7.65. The molecule has 2 aromatic rings. The van der Waals surface area contributed by atoms with E-state index in [4.69, 9.17) is 0 Å². The summed E-state index contributed by atoms with van der Waals surface area (Å²) < 4.78 is 0. The number of benzene rings is 2. The second kappa shape index (κ2) is 6.46. The Bertz CT molecular complexity index is 562. The maximum absolute atomic E-state index is 2.53. The Morgan fingerprint density at radius 2 is 0.952 bits per heavy atom. The molecule has 2 radical (unpaired) electrons. The molecular formula is C18H26Si3. The molecule has 21 heavy (non-hydrogen) atoms. The Balaban J connectivity index is 2.63. The van der Waals surface area contributed by atoms with Gasteiger partial charge in [0.2, 0.25) is 0 Å². The zero-order valence-corrected chi connectivity index (χ0v) is 17.1. The largest absolute Gasteiger partial charge is 0.111 e. The molecule has 3 heteroatoms. The minimum Gasteiger partial charge on any atom is -0.0671 e. The molecule has 0 spiro atoms. The molecule has 0 bridgehead atoms. The van der Waals surface area contributed by atoms with Gasteiger partial charge in [0.05, 0.1) is 17.6 Å². The molecule has 0 atom stereocenters. The molecule has 0 unspecified atom stereocenters. The summed E-state index contributed by atoms with van der Waals surface area (Å²) in [6, 6.07) is 18.4. The van der Waals surface area contributed by atoms with Crippen LogP contribution < -0.4 is 20.7 Å². The molecule has 0 amide bonds. The monoisotopic (exact) mass is 326 g/mol. The second-order valence-electron chi connectivity index (χ2n) is 6.72. The van der Waals surface area contributed by atoms with Crippen molar-refractivity contribution < 1.29 is 0 Å². The van der Waals surface area contributed by atoms with Crippen LogP contribution in [0.2, 0.25) is 39.3 Å². The first-order chi connectivity index (χ1) is 9.85. The van der Waals surface area contributed by atoms with E-state index < -0.39 is 25.7 Å². The Morgan fingerprint density at radius 3 is 1.29 bits per heavy atom. The van der Waals surface area contributed by atoms with E-state index in [1.807, 2.05) is 0 Å². The van der Waals surface area contributed by atoms with Crippen molar-refractivity contribution in [3.63, 3.8) is 0 Å². The van der Waals surface area contributed by atoms with Crippen molar-refractivity contribution in [2.75, 3.05) is 0 Å². The smallest absolute Gasteiger partial charge is 0.0671 e. The van der Waals surface area contributed by atoms with Gasteiger partial charge in [-0.2, -0.15) is 0 Å². The van der Waals surface area contributed by atoms with Crippen molar-refractivity contribution >= 4 is 46.4 Å². The Morgan fingerprint density at radius 1 is 0.619 bits per heavy atom. The highest BCUT2D eigenvalue weighted by molar-refractivity contribution is 7.05. The maximum atomic E-state index is 2.53. The number of hydrogen-bond acceptors (Lipinski definition) is 0. The van der Waals surface area contributed by atoms with Gasteiger partial charge in [0.15, 0.2) is 0 Å². The molecule has 0 aromatic heterocycles. The van der Waals surface area contributed by atoms with Crippen molar-refractivity contribution in [3.8, 4) is 0 Å². The number of rotatable bonds is 4. The molecule has 2 rings (SSSR count). The lowest BCUT2D eigenvalue weighted by atomic mass is 10.3. The predicted molar refractivity (Wildman–Crippen MR) is 104 cm³/mol. The number of hydrogen-bond donors (Lipinski definition) is 0. The van der Waals surface area contributed by atoms with E-state index >= 15 is 0 Å². The summed E-state index contributed by atoms with van der Waals surface area (Å²) in [6.07, 6.45) is 0. The van der Waals surface area contributed by atoms with Crippen LogP contribution in [0.3, 0.4) is 0 Å². The SMILES string of the molecule is C[Si](C)c1ccccc1[Si](C)(C)c1ccccc1[Si](C)C. The molecule has 2 aromatic carbocycles. The highest BCUT2D eigenvalue weighted by Gasteiger charge is 2.31. The zero-order valence-electron chi connectivity index (χ0n) is 14.1. The first kappa shape index (κ1) is 16.5. The Hall–Kier alpha value is -0.909. The minimum absolute atomic E-state index is 0.421. The lowest BCUT2D eigenvalue weighted by molar-refractivity contribution is 1.69. The third-order valence-corrected chi connectivity index (χ3v) is 11.4. The standard InChI is InChI=1S/C18H26Si3/c1-19(2)15-11-7-9-13-17(15)21(5,6)18-14-10-8-12-16(18)20(3)4/h7-14H,1-6H3. The maximum Gasteiger partial charge on any atom is 0.111 e. The van der Waals surface area contributed by atoms with Crippen molar-refractivity contribution in [3.05, 3.63) is 48.5 Å². The van der Waals surface area contributed by atoms with Gasteiger partial charge in [0.1, 0.15) is 8.07 Å². The van der Waals surface area contributed by atoms with E-state index in [9.17, 15) is 0 Å². The summed E-state index contributed by atoms with van der Waals surface area (Å²) in [5.74, 6) is 0. The van der Waals surface area contributed by atoms with Gasteiger partial charge >= 0.3 is 0 Å². The van der Waals surface area contributed by atoms with E-state index in [1.165, 1.54) is 0 Å². The zero-order chi connectivity index (χ0) is 15.6. The quantitative estimate of drug-likeness (QED) is 0.757. The van der Waals surface area contributed by atoms with Crippen LogP contribution in [0.1, 0.15) is 0 Å². The second-order valence-corrected chi connectivity index (χ2v) is 16.1. The van der Waals surface area contributed by atoms with Crippen molar-refractivity contribution in [2.45, 2.75) is 39.3 Å². The fourth-order valence-electron chi connectivity index (χ4n) is 3.07. The van der Waals surface area contributed by atoms with Gasteiger partial charge in [-0.15, -0.1) is 0 Å². The van der Waals surface area contributed by atoms with Crippen LogP contribution >= 0.6 is 0 Å². The molecule has 0 aliphatic carbocycles. The van der Waals surface area contributed by atoms with Crippen LogP contribution in [0, 0.1) is 0 Å². The van der Waals surface area contributed by atoms with Gasteiger partial charge in [-0.1, -0.05) is 109 Å². The Kier molecular flexibility index (Phi) is 5.07. The van der Waals surface area contributed by atoms with E-state index in [1.54, 1.807) is 20.7 Å². The fourth-order valence-corrected chi connectivity index (χ4v) is 11.4. The van der Waals surface area contributed by atoms with E-state index in [-0.39, 0.29) is 0 Å². The summed E-state index contributed by atoms with van der Waals surface area (Å²) >= 11 is 0. The normalized spacial score (nSPS) is 12.2. The topological polar surface area (TPSA) is 0 Å². The first-order valence-corrected chi connectivity index (χ1v) is 15.7. The summed E-state index contributed by atoms with van der Waals surface area (Å²) in [5.41, 5.74) is 0. The van der Waals surface area contributed by atoms with E-state index in [2.05, 4.69) is 87.8 Å². The molecule has 0 aliphatic rings. The molecule has 0 saturated carbocycles. The third kappa shape index (κ3) is 3.30. The summed E-state index contributed by atoms with van der Waals surface area (Å²) in [5, 5.41) is 6.57. The average molecular weight is 327 g/mol. The van der Waals surface area contributed by atoms with Crippen LogP contribution in [-0.2, 0) is 0 Å². The Labute approximate surface area is 134 Å². The third-order valence-electron chi connectivity index (χ3n) is 4.28. The minimum atomic E-state index is -1.62. The molecule has 110 valence electrons. The van der Waals surface area contributed by atoms with Crippen LogP contribution in [0.5, 0.6) is 0 Å². The molecule has 0 saturated heterocycles. The van der Waals surface area contributed by atoms with Crippen LogP contribution in [0.4, 0.5) is 0 Å². The van der Waals surface area contributed by atoms with Gasteiger partial charge < -0.3 is 0 Å². The van der Waals surface area contributed by atoms with Crippen LogP contribution in [0.15, 0.2) is 48.5 Å². The van der Waals surface area contributed by atoms with Crippen molar-refractivity contribution in [1.82, 2.24) is 0 Å². The molecule has 0 aliphatic heterocycles. The van der Waals surface area contributed by atoms with Gasteiger partial charge in [-0.05, 0) is 0 Å². The summed E-state index contributed by atoms with van der Waals surface area (Å²) in [6.45, 7) is 14.7. The predicted octanol–water partition coefficient (Wildman–Crippen LogP) is 2.43. The fraction of sp³-hybridized carbons (Fsp3) is 0.333. The van der Waals surface area contributed by atoms with Gasteiger partial charge in [0.25, 0.3) is 0 Å². The van der Waals surface area contributed by atoms with Gasteiger partial charge in [0, 0.05) is 0 Å². The summed E-state index contributed by atoms with van der Waals surface area (Å²) in [4.78, 5) is 0. The van der Waals surface area contributed by atoms with E-state index in [0.29, 0.717) is 0 Å².